The van der Waals surface area contributed by atoms with Gasteiger partial charge < -0.3 is 9.90 Å². The van der Waals surface area contributed by atoms with Crippen molar-refractivity contribution >= 4 is 5.97 Å². The van der Waals surface area contributed by atoms with E-state index in [0.717, 1.165) is 18.9 Å². The monoisotopic (exact) mass is 444 g/mol. The third kappa shape index (κ3) is 26.3. The third-order valence-electron chi connectivity index (χ3n) is 4.73. The van der Waals surface area contributed by atoms with E-state index in [1.165, 1.54) is 103 Å². The van der Waals surface area contributed by atoms with Crippen LogP contribution in [0.3, 0.4) is 0 Å². The number of carbonyl (C=O) groups is 1. The minimum Gasteiger partial charge on any atom is -0.545 e. The molecule has 0 aliphatic heterocycles. The van der Waals surface area contributed by atoms with Gasteiger partial charge in [0.25, 0.3) is 0 Å². The Balaban J connectivity index is 0. The molecule has 0 heterocycles. The van der Waals surface area contributed by atoms with E-state index in [9.17, 15) is 9.90 Å². The summed E-state index contributed by atoms with van der Waals surface area (Å²) in [7, 11) is 0. The predicted molar refractivity (Wildman–Crippen MR) is 103 cm³/mol. The zero-order chi connectivity index (χ0) is 17.7. The first-order valence-corrected chi connectivity index (χ1v) is 10.6. The van der Waals surface area contributed by atoms with Gasteiger partial charge in [0.1, 0.15) is 0 Å². The molecule has 152 valence electrons. The fourth-order valence-corrected chi connectivity index (χ4v) is 3.17. The molecular weight excluding hydrogens is 404 g/mol. The minimum atomic E-state index is -1.08. The molecule has 0 atom stereocenters. The number of carboxylic acids is 1. The molecule has 0 unspecified atom stereocenters. The van der Waals surface area contributed by atoms with Gasteiger partial charge in [-0.25, -0.2) is 0 Å². The van der Waals surface area contributed by atoms with Gasteiger partial charge in [-0.1, -0.05) is 116 Å². The zero-order valence-electron chi connectivity index (χ0n) is 16.5. The van der Waals surface area contributed by atoms with E-state index in [4.69, 9.17) is 0 Å². The van der Waals surface area contributed by atoms with Gasteiger partial charge >= 0.3 is 22.4 Å². The number of carbonyl (C=O) groups excluding carboxylic acids is 1. The van der Waals surface area contributed by atoms with E-state index in [1.54, 1.807) is 6.08 Å². The first kappa shape index (κ1) is 27.2. The third-order valence-corrected chi connectivity index (χ3v) is 4.73. The second kappa shape index (κ2) is 24.0. The Bertz CT molecular complexity index is 290. The Morgan fingerprint density at radius 2 is 0.960 bits per heavy atom. The Hall–Kier alpha value is -0.0497. The Morgan fingerprint density at radius 1 is 0.640 bits per heavy atom. The van der Waals surface area contributed by atoms with Crippen molar-refractivity contribution in [3.8, 4) is 0 Å². The van der Waals surface area contributed by atoms with Crippen LogP contribution in [-0.4, -0.2) is 5.97 Å². The van der Waals surface area contributed by atoms with Crippen LogP contribution in [-0.2, 0) is 27.2 Å². The van der Waals surface area contributed by atoms with E-state index in [-0.39, 0.29) is 22.4 Å². The number of aliphatic carboxylic acids is 1. The molecule has 2 nitrogen and oxygen atoms in total. The van der Waals surface area contributed by atoms with Gasteiger partial charge in [0, 0.05) is 0 Å². The standard InChI is InChI=1S/C22H42O2.Ag/c1-2-3-4-5-6-7-8-9-10-11-12-13-14-15-16-17-18-19-20-21-22(23)24;/h20-21H,2-19H2,1H3,(H,23,24);/q;+1/p-1. The summed E-state index contributed by atoms with van der Waals surface area (Å²) in [6, 6.07) is 0. The minimum absolute atomic E-state index is 0. The van der Waals surface area contributed by atoms with Crippen LogP contribution in [0.15, 0.2) is 12.2 Å². The topological polar surface area (TPSA) is 40.1 Å². The number of allylic oxidation sites excluding steroid dienone is 1. The maximum atomic E-state index is 10.2. The number of carboxylic acid groups (broad SMARTS) is 1. The molecule has 0 aromatic rings. The van der Waals surface area contributed by atoms with Gasteiger partial charge in [-0.3, -0.25) is 0 Å². The molecule has 0 aliphatic carbocycles. The van der Waals surface area contributed by atoms with Crippen LogP contribution in [0.5, 0.6) is 0 Å². The predicted octanol–water partition coefficient (Wildman–Crippen LogP) is 6.33. The Kier molecular flexibility index (Phi) is 26.0. The van der Waals surface area contributed by atoms with Gasteiger partial charge in [-0.05, 0) is 18.9 Å². The normalized spacial score (nSPS) is 10.9. The van der Waals surface area contributed by atoms with Crippen molar-refractivity contribution in [3.05, 3.63) is 12.2 Å². The van der Waals surface area contributed by atoms with Gasteiger partial charge in [-0.2, -0.15) is 0 Å². The van der Waals surface area contributed by atoms with Crippen molar-refractivity contribution in [2.45, 2.75) is 122 Å². The molecule has 0 saturated carbocycles. The van der Waals surface area contributed by atoms with Crippen LogP contribution in [0.2, 0.25) is 0 Å². The number of hydrogen-bond acceptors (Lipinski definition) is 2. The fourth-order valence-electron chi connectivity index (χ4n) is 3.17. The number of hydrogen-bond donors (Lipinski definition) is 0. The maximum Gasteiger partial charge on any atom is 1.00 e. The molecule has 3 heteroatoms. The summed E-state index contributed by atoms with van der Waals surface area (Å²) in [4.78, 5) is 10.2. The van der Waals surface area contributed by atoms with Crippen molar-refractivity contribution in [1.29, 1.82) is 0 Å². The van der Waals surface area contributed by atoms with Crippen molar-refractivity contribution in [2.75, 3.05) is 0 Å². The molecule has 0 saturated heterocycles. The maximum absolute atomic E-state index is 10.2. The van der Waals surface area contributed by atoms with Crippen LogP contribution in [0.25, 0.3) is 0 Å². The van der Waals surface area contributed by atoms with Crippen molar-refractivity contribution in [1.82, 2.24) is 0 Å². The largest absolute Gasteiger partial charge is 1.00 e. The summed E-state index contributed by atoms with van der Waals surface area (Å²) in [5.41, 5.74) is 0. The molecular formula is C22H41AgO2. The molecule has 0 spiro atoms. The molecule has 0 aromatic carbocycles. The van der Waals surface area contributed by atoms with Gasteiger partial charge in [0.2, 0.25) is 0 Å². The average Bonchev–Trinajstić information content (AvgIpc) is 2.56. The average molecular weight is 445 g/mol. The summed E-state index contributed by atoms with van der Waals surface area (Å²) in [5.74, 6) is -1.08. The van der Waals surface area contributed by atoms with E-state index in [1.807, 2.05) is 0 Å². The summed E-state index contributed by atoms with van der Waals surface area (Å²) in [6.07, 6.45) is 27.1. The molecule has 0 radical (unpaired) electrons. The molecule has 0 amide bonds. The smallest absolute Gasteiger partial charge is 0.545 e. The van der Waals surface area contributed by atoms with Crippen LogP contribution < -0.4 is 5.11 Å². The zero-order valence-corrected chi connectivity index (χ0v) is 18.0. The number of unbranched alkanes of at least 4 members (excludes halogenated alkanes) is 17. The molecule has 25 heavy (non-hydrogen) atoms. The molecule has 0 aromatic heterocycles. The molecule has 0 bridgehead atoms. The molecule has 0 aliphatic rings. The van der Waals surface area contributed by atoms with Crippen LogP contribution in [0, 0.1) is 0 Å². The van der Waals surface area contributed by atoms with Crippen LogP contribution in [0.4, 0.5) is 0 Å². The second-order valence-electron chi connectivity index (χ2n) is 7.17. The van der Waals surface area contributed by atoms with Gasteiger partial charge in [0.05, 0.1) is 5.97 Å². The first-order chi connectivity index (χ1) is 11.8. The second-order valence-corrected chi connectivity index (χ2v) is 7.17. The van der Waals surface area contributed by atoms with Gasteiger partial charge in [-0.15, -0.1) is 0 Å². The molecule has 0 fully saturated rings. The van der Waals surface area contributed by atoms with E-state index in [2.05, 4.69) is 6.92 Å². The van der Waals surface area contributed by atoms with E-state index in [0.29, 0.717) is 0 Å². The molecule has 0 rings (SSSR count). The Labute approximate surface area is 172 Å². The first-order valence-electron chi connectivity index (χ1n) is 10.6. The van der Waals surface area contributed by atoms with Crippen molar-refractivity contribution in [3.63, 3.8) is 0 Å². The fraction of sp³-hybridized carbons (Fsp3) is 0.864. The number of rotatable bonds is 19. The van der Waals surface area contributed by atoms with Crippen LogP contribution >= 0.6 is 0 Å². The van der Waals surface area contributed by atoms with Crippen LogP contribution in [0.1, 0.15) is 122 Å². The quantitative estimate of drug-likeness (QED) is 0.132. The summed E-state index contributed by atoms with van der Waals surface area (Å²) < 4.78 is 0. The van der Waals surface area contributed by atoms with E-state index < -0.39 is 5.97 Å². The summed E-state index contributed by atoms with van der Waals surface area (Å²) in [6.45, 7) is 2.28. The van der Waals surface area contributed by atoms with Gasteiger partial charge in [0.15, 0.2) is 0 Å². The van der Waals surface area contributed by atoms with Crippen molar-refractivity contribution in [2.24, 2.45) is 0 Å². The van der Waals surface area contributed by atoms with Crippen molar-refractivity contribution < 1.29 is 32.3 Å². The SMILES string of the molecule is CCCCCCCCCCCCCCCCCCCC=CC(=O)[O-].[Ag+]. The summed E-state index contributed by atoms with van der Waals surface area (Å²) >= 11 is 0. The Morgan fingerprint density at radius 3 is 1.28 bits per heavy atom. The van der Waals surface area contributed by atoms with E-state index >= 15 is 0 Å². The summed E-state index contributed by atoms with van der Waals surface area (Å²) in [5, 5.41) is 10.2. The molecule has 0 N–H and O–H groups in total.